The van der Waals surface area contributed by atoms with E-state index < -0.39 is 0 Å². The van der Waals surface area contributed by atoms with Crippen molar-refractivity contribution in [3.8, 4) is 6.07 Å². The molecule has 2 aromatic rings. The van der Waals surface area contributed by atoms with Crippen LogP contribution in [-0.2, 0) is 4.74 Å². The van der Waals surface area contributed by atoms with Crippen LogP contribution in [0.15, 0.2) is 48.7 Å². The van der Waals surface area contributed by atoms with Gasteiger partial charge in [-0.05, 0) is 24.1 Å². The lowest BCUT2D eigenvalue weighted by Crippen LogP contribution is -2.21. The van der Waals surface area contributed by atoms with Crippen molar-refractivity contribution in [3.05, 3.63) is 59.8 Å². The van der Waals surface area contributed by atoms with E-state index in [1.165, 1.54) is 5.56 Å². The summed E-state index contributed by atoms with van der Waals surface area (Å²) >= 11 is 0. The molecule has 2 heterocycles. The monoisotopic (exact) mass is 279 g/mol. The highest BCUT2D eigenvalue weighted by Gasteiger charge is 2.27. The zero-order chi connectivity index (χ0) is 14.5. The minimum atomic E-state index is 0.175. The molecule has 0 saturated carbocycles. The first-order chi connectivity index (χ1) is 10.4. The topological polar surface area (TPSA) is 57.9 Å². The van der Waals surface area contributed by atoms with Crippen molar-refractivity contribution in [2.75, 3.05) is 18.5 Å². The Kier molecular flexibility index (Phi) is 4.13. The van der Waals surface area contributed by atoms with E-state index >= 15 is 0 Å². The van der Waals surface area contributed by atoms with E-state index in [0.29, 0.717) is 11.5 Å². The summed E-state index contributed by atoms with van der Waals surface area (Å²) in [5.41, 5.74) is 1.81. The predicted molar refractivity (Wildman–Crippen MR) is 80.7 cm³/mol. The molecule has 1 fully saturated rings. The molecule has 3 rings (SSSR count). The first-order valence-corrected chi connectivity index (χ1v) is 7.12. The molecule has 0 bridgehead atoms. The average Bonchev–Trinajstić information content (AvgIpc) is 3.08. The molecular formula is C17H17N3O. The van der Waals surface area contributed by atoms with E-state index in [9.17, 15) is 0 Å². The maximum absolute atomic E-state index is 8.83. The second-order valence-electron chi connectivity index (χ2n) is 5.20. The Morgan fingerprint density at radius 3 is 2.71 bits per heavy atom. The van der Waals surface area contributed by atoms with Gasteiger partial charge in [-0.1, -0.05) is 30.3 Å². The molecule has 4 heteroatoms. The second kappa shape index (κ2) is 6.38. The first-order valence-electron chi connectivity index (χ1n) is 7.12. The molecule has 1 aliphatic heterocycles. The number of ether oxygens (including phenoxy) is 1. The number of nitriles is 1. The molecule has 21 heavy (non-hydrogen) atoms. The van der Waals surface area contributed by atoms with Crippen molar-refractivity contribution in [2.24, 2.45) is 5.92 Å². The molecule has 1 aromatic carbocycles. The van der Waals surface area contributed by atoms with E-state index in [0.717, 1.165) is 25.5 Å². The van der Waals surface area contributed by atoms with Gasteiger partial charge in [-0.3, -0.25) is 0 Å². The highest BCUT2D eigenvalue weighted by molar-refractivity contribution is 5.42. The van der Waals surface area contributed by atoms with Gasteiger partial charge in [0.25, 0.3) is 0 Å². The smallest absolute Gasteiger partial charge is 0.126 e. The van der Waals surface area contributed by atoms with Crippen LogP contribution < -0.4 is 5.32 Å². The summed E-state index contributed by atoms with van der Waals surface area (Å²) in [5, 5.41) is 12.3. The number of rotatable bonds is 4. The number of nitrogens with one attached hydrogen (secondary N) is 1. The lowest BCUT2D eigenvalue weighted by atomic mass is 9.92. The maximum Gasteiger partial charge on any atom is 0.126 e. The SMILES string of the molecule is N#Cc1ccc(N[C@@H](c2ccccc2)[C@@H]2CCOC2)nc1. The van der Waals surface area contributed by atoms with Gasteiger partial charge in [0.05, 0.1) is 18.2 Å². The third-order valence-corrected chi connectivity index (χ3v) is 3.79. The molecule has 0 unspecified atom stereocenters. The summed E-state index contributed by atoms with van der Waals surface area (Å²) in [4.78, 5) is 4.31. The summed E-state index contributed by atoms with van der Waals surface area (Å²) < 4.78 is 5.53. The molecule has 0 aliphatic carbocycles. The summed E-state index contributed by atoms with van der Waals surface area (Å²) in [6.07, 6.45) is 2.64. The Morgan fingerprint density at radius 2 is 2.10 bits per heavy atom. The van der Waals surface area contributed by atoms with E-state index in [1.807, 2.05) is 24.3 Å². The number of nitrogens with zero attached hydrogens (tertiary/aromatic N) is 2. The Balaban J connectivity index is 1.83. The molecule has 1 saturated heterocycles. The van der Waals surface area contributed by atoms with Crippen LogP contribution in [0.1, 0.15) is 23.6 Å². The van der Waals surface area contributed by atoms with Gasteiger partial charge in [0, 0.05) is 18.7 Å². The van der Waals surface area contributed by atoms with Crippen LogP contribution >= 0.6 is 0 Å². The van der Waals surface area contributed by atoms with Gasteiger partial charge < -0.3 is 10.1 Å². The largest absolute Gasteiger partial charge is 0.381 e. The minimum Gasteiger partial charge on any atom is -0.381 e. The summed E-state index contributed by atoms with van der Waals surface area (Å²) in [6, 6.07) is 16.3. The molecule has 1 aliphatic rings. The quantitative estimate of drug-likeness (QED) is 0.934. The number of anilines is 1. The summed E-state index contributed by atoms with van der Waals surface area (Å²) in [7, 11) is 0. The first kappa shape index (κ1) is 13.6. The normalized spacial score (nSPS) is 18.9. The molecule has 106 valence electrons. The van der Waals surface area contributed by atoms with Gasteiger partial charge in [0.15, 0.2) is 0 Å². The van der Waals surface area contributed by atoms with Crippen molar-refractivity contribution in [1.82, 2.24) is 4.98 Å². The zero-order valence-corrected chi connectivity index (χ0v) is 11.7. The highest BCUT2D eigenvalue weighted by Crippen LogP contribution is 2.31. The Bertz CT molecular complexity index is 613. The van der Waals surface area contributed by atoms with Gasteiger partial charge in [-0.2, -0.15) is 5.26 Å². The molecule has 2 atom stereocenters. The molecule has 1 aromatic heterocycles. The van der Waals surface area contributed by atoms with E-state index in [2.05, 4.69) is 28.5 Å². The molecule has 0 amide bonds. The fraction of sp³-hybridized carbons (Fsp3) is 0.294. The summed E-state index contributed by atoms with van der Waals surface area (Å²) in [5.74, 6) is 1.22. The number of pyridine rings is 1. The van der Waals surface area contributed by atoms with Crippen molar-refractivity contribution in [1.29, 1.82) is 5.26 Å². The third-order valence-electron chi connectivity index (χ3n) is 3.79. The van der Waals surface area contributed by atoms with Crippen LogP contribution in [0.2, 0.25) is 0 Å². The molecule has 0 radical (unpaired) electrons. The van der Waals surface area contributed by atoms with Crippen molar-refractivity contribution >= 4 is 5.82 Å². The number of hydrogen-bond acceptors (Lipinski definition) is 4. The Morgan fingerprint density at radius 1 is 1.24 bits per heavy atom. The van der Waals surface area contributed by atoms with Gasteiger partial charge in [0.2, 0.25) is 0 Å². The number of benzene rings is 1. The zero-order valence-electron chi connectivity index (χ0n) is 11.7. The molecular weight excluding hydrogens is 262 g/mol. The average molecular weight is 279 g/mol. The van der Waals surface area contributed by atoms with Gasteiger partial charge in [-0.25, -0.2) is 4.98 Å². The van der Waals surface area contributed by atoms with Crippen LogP contribution in [0, 0.1) is 17.2 Å². The minimum absolute atomic E-state index is 0.175. The van der Waals surface area contributed by atoms with E-state index in [4.69, 9.17) is 10.00 Å². The number of hydrogen-bond donors (Lipinski definition) is 1. The second-order valence-corrected chi connectivity index (χ2v) is 5.20. The van der Waals surface area contributed by atoms with Crippen molar-refractivity contribution in [3.63, 3.8) is 0 Å². The molecule has 4 nitrogen and oxygen atoms in total. The van der Waals surface area contributed by atoms with Crippen LogP contribution in [0.25, 0.3) is 0 Å². The van der Waals surface area contributed by atoms with E-state index in [-0.39, 0.29) is 6.04 Å². The maximum atomic E-state index is 8.83. The molecule has 0 spiro atoms. The van der Waals surface area contributed by atoms with Gasteiger partial charge in [-0.15, -0.1) is 0 Å². The lowest BCUT2D eigenvalue weighted by Gasteiger charge is -2.24. The van der Waals surface area contributed by atoms with E-state index in [1.54, 1.807) is 12.3 Å². The predicted octanol–water partition coefficient (Wildman–Crippen LogP) is 3.14. The number of aromatic nitrogens is 1. The van der Waals surface area contributed by atoms with Crippen molar-refractivity contribution in [2.45, 2.75) is 12.5 Å². The standard InChI is InChI=1S/C17H17N3O/c18-10-13-6-7-16(19-11-13)20-17(15-8-9-21-12-15)14-4-2-1-3-5-14/h1-7,11,15,17H,8-9,12H2,(H,19,20)/t15-,17+/m1/s1. The molecule has 1 N–H and O–H groups in total. The Labute approximate surface area is 124 Å². The van der Waals surface area contributed by atoms with Crippen LogP contribution in [0.5, 0.6) is 0 Å². The van der Waals surface area contributed by atoms with Crippen LogP contribution in [0.3, 0.4) is 0 Å². The lowest BCUT2D eigenvalue weighted by molar-refractivity contribution is 0.182. The third kappa shape index (κ3) is 3.21. The van der Waals surface area contributed by atoms with Crippen molar-refractivity contribution < 1.29 is 4.74 Å². The Hall–Kier alpha value is -2.38. The van der Waals surface area contributed by atoms with Gasteiger partial charge >= 0.3 is 0 Å². The summed E-state index contributed by atoms with van der Waals surface area (Å²) in [6.45, 7) is 1.58. The highest BCUT2D eigenvalue weighted by atomic mass is 16.5. The fourth-order valence-corrected chi connectivity index (χ4v) is 2.65. The fourth-order valence-electron chi connectivity index (χ4n) is 2.65. The van der Waals surface area contributed by atoms with Gasteiger partial charge in [0.1, 0.15) is 11.9 Å². The van der Waals surface area contributed by atoms with Crippen LogP contribution in [0.4, 0.5) is 5.82 Å². The van der Waals surface area contributed by atoms with Crippen LogP contribution in [-0.4, -0.2) is 18.2 Å².